The summed E-state index contributed by atoms with van der Waals surface area (Å²) in [6, 6.07) is 20.0. The van der Waals surface area contributed by atoms with Crippen molar-refractivity contribution in [1.82, 2.24) is 15.3 Å². The Morgan fingerprint density at radius 3 is 2.39 bits per heavy atom. The molecule has 8 nitrogen and oxygen atoms in total. The Morgan fingerprint density at radius 1 is 0.886 bits per heavy atom. The molecule has 1 fully saturated rings. The van der Waals surface area contributed by atoms with Crippen LogP contribution in [0.15, 0.2) is 78.0 Å². The summed E-state index contributed by atoms with van der Waals surface area (Å²) in [7, 11) is 0. The summed E-state index contributed by atoms with van der Waals surface area (Å²) in [5, 5.41) is 3.74. The van der Waals surface area contributed by atoms with E-state index in [1.165, 1.54) is 23.9 Å². The van der Waals surface area contributed by atoms with Crippen LogP contribution in [-0.2, 0) is 18.5 Å². The van der Waals surface area contributed by atoms with Crippen LogP contribution < -0.4 is 24.6 Å². The van der Waals surface area contributed by atoms with E-state index in [4.69, 9.17) is 21.1 Å². The van der Waals surface area contributed by atoms with Gasteiger partial charge in [0, 0.05) is 55.8 Å². The molecule has 44 heavy (non-hydrogen) atoms. The predicted octanol–water partition coefficient (Wildman–Crippen LogP) is 6.43. The molecule has 4 aromatic rings. The van der Waals surface area contributed by atoms with Crippen molar-refractivity contribution < 1.29 is 27.4 Å². The molecule has 0 spiro atoms. The van der Waals surface area contributed by atoms with Crippen molar-refractivity contribution in [3.05, 3.63) is 100 Å². The Labute approximate surface area is 261 Å². The van der Waals surface area contributed by atoms with Crippen LogP contribution in [0, 0.1) is 0 Å². The van der Waals surface area contributed by atoms with Crippen molar-refractivity contribution in [2.45, 2.75) is 23.6 Å². The number of benzene rings is 3. The highest BCUT2D eigenvalue weighted by atomic mass is 35.5. The maximum Gasteiger partial charge on any atom is 0.416 e. The maximum atomic E-state index is 13.2. The third-order valence-electron chi connectivity index (χ3n) is 7.28. The van der Waals surface area contributed by atoms with Crippen LogP contribution in [0.2, 0.25) is 5.15 Å². The van der Waals surface area contributed by atoms with Gasteiger partial charge in [-0.15, -0.1) is 0 Å². The van der Waals surface area contributed by atoms with Crippen molar-refractivity contribution in [1.29, 1.82) is 0 Å². The summed E-state index contributed by atoms with van der Waals surface area (Å²) in [5.41, 5.74) is 2.34. The number of anilines is 2. The molecule has 3 heterocycles. The molecule has 1 amide bonds. The number of piperazine rings is 1. The third-order valence-corrected chi connectivity index (χ3v) is 8.39. The molecule has 6 rings (SSSR count). The number of carbonyl (C=O) groups excluding carboxylic acids is 1. The second kappa shape index (κ2) is 12.8. The molecule has 0 atom stereocenters. The number of carbonyl (C=O) groups is 1. The number of ether oxygens (including phenoxy) is 2. The third kappa shape index (κ3) is 7.13. The summed E-state index contributed by atoms with van der Waals surface area (Å²) < 4.78 is 50.2. The molecule has 228 valence electrons. The average molecular weight is 642 g/mol. The van der Waals surface area contributed by atoms with Crippen LogP contribution in [0.3, 0.4) is 0 Å². The number of amides is 1. The fourth-order valence-electron chi connectivity index (χ4n) is 4.92. The number of aromatic nitrogens is 2. The number of nitrogens with one attached hydrogen (secondary N) is 1. The van der Waals surface area contributed by atoms with Crippen molar-refractivity contribution >= 4 is 40.8 Å². The second-order valence-electron chi connectivity index (χ2n) is 10.2. The van der Waals surface area contributed by atoms with Gasteiger partial charge >= 0.3 is 6.18 Å². The SMILES string of the molecule is O=C(NCc1ccc2c(c1)OCO2)c1ccc(CSc2nc(Cl)cc(N3CCN(c4cccc(C(F)(F)F)c4)CC3)n2)cc1. The number of hydrogen-bond donors (Lipinski definition) is 1. The zero-order chi connectivity index (χ0) is 30.7. The smallest absolute Gasteiger partial charge is 0.416 e. The largest absolute Gasteiger partial charge is 0.454 e. The lowest BCUT2D eigenvalue weighted by Crippen LogP contribution is -2.47. The Morgan fingerprint density at radius 2 is 1.61 bits per heavy atom. The first-order valence-corrected chi connectivity index (χ1v) is 15.2. The Kier molecular flexibility index (Phi) is 8.72. The summed E-state index contributed by atoms with van der Waals surface area (Å²) in [6.45, 7) is 2.80. The molecular formula is C31H27ClF3N5O3S. The first-order valence-electron chi connectivity index (χ1n) is 13.8. The van der Waals surface area contributed by atoms with Crippen LogP contribution in [0.4, 0.5) is 24.7 Å². The fraction of sp³-hybridized carbons (Fsp3) is 0.258. The highest BCUT2D eigenvalue weighted by molar-refractivity contribution is 7.98. The van der Waals surface area contributed by atoms with Gasteiger partial charge in [0.15, 0.2) is 16.7 Å². The number of nitrogens with zero attached hydrogens (tertiary/aromatic N) is 4. The van der Waals surface area contributed by atoms with Gasteiger partial charge in [-0.25, -0.2) is 9.97 Å². The number of halogens is 4. The molecule has 0 aliphatic carbocycles. The molecule has 1 N–H and O–H groups in total. The summed E-state index contributed by atoms with van der Waals surface area (Å²) in [6.07, 6.45) is -4.38. The van der Waals surface area contributed by atoms with Gasteiger partial charge in [0.25, 0.3) is 5.91 Å². The predicted molar refractivity (Wildman–Crippen MR) is 163 cm³/mol. The Bertz CT molecular complexity index is 1650. The topological polar surface area (TPSA) is 79.8 Å². The van der Waals surface area contributed by atoms with Gasteiger partial charge < -0.3 is 24.6 Å². The Balaban J connectivity index is 1.01. The minimum Gasteiger partial charge on any atom is -0.454 e. The van der Waals surface area contributed by atoms with E-state index in [1.807, 2.05) is 35.2 Å². The molecule has 0 saturated carbocycles. The fourth-order valence-corrected chi connectivity index (χ4v) is 5.96. The second-order valence-corrected chi connectivity index (χ2v) is 11.5. The zero-order valence-electron chi connectivity index (χ0n) is 23.3. The number of alkyl halides is 3. The van der Waals surface area contributed by atoms with E-state index in [-0.39, 0.29) is 12.7 Å². The molecule has 0 bridgehead atoms. The van der Waals surface area contributed by atoms with E-state index in [0.29, 0.717) is 77.4 Å². The van der Waals surface area contributed by atoms with Crippen LogP contribution in [-0.4, -0.2) is 48.8 Å². The van der Waals surface area contributed by atoms with Gasteiger partial charge in [0.05, 0.1) is 5.56 Å². The average Bonchev–Trinajstić information content (AvgIpc) is 3.50. The molecule has 2 aliphatic rings. The van der Waals surface area contributed by atoms with Gasteiger partial charge in [-0.3, -0.25) is 4.79 Å². The molecule has 1 saturated heterocycles. The number of rotatable bonds is 8. The van der Waals surface area contributed by atoms with Gasteiger partial charge in [-0.2, -0.15) is 13.2 Å². The highest BCUT2D eigenvalue weighted by Gasteiger charge is 2.31. The summed E-state index contributed by atoms with van der Waals surface area (Å²) in [5.74, 6) is 2.43. The molecule has 0 unspecified atom stereocenters. The van der Waals surface area contributed by atoms with E-state index < -0.39 is 11.7 Å². The van der Waals surface area contributed by atoms with Crippen molar-refractivity contribution in [3.63, 3.8) is 0 Å². The lowest BCUT2D eigenvalue weighted by molar-refractivity contribution is -0.137. The molecule has 13 heteroatoms. The minimum atomic E-state index is -4.38. The van der Waals surface area contributed by atoms with Crippen LogP contribution in [0.1, 0.15) is 27.0 Å². The van der Waals surface area contributed by atoms with E-state index in [0.717, 1.165) is 17.2 Å². The molecular weight excluding hydrogens is 615 g/mol. The highest BCUT2D eigenvalue weighted by Crippen LogP contribution is 2.33. The zero-order valence-corrected chi connectivity index (χ0v) is 24.9. The van der Waals surface area contributed by atoms with Gasteiger partial charge in [-0.1, -0.05) is 47.6 Å². The molecule has 2 aliphatic heterocycles. The number of hydrogen-bond acceptors (Lipinski definition) is 8. The van der Waals surface area contributed by atoms with Crippen molar-refractivity contribution in [3.8, 4) is 11.5 Å². The number of fused-ring (bicyclic) bond motifs is 1. The Hall–Kier alpha value is -4.16. The van der Waals surface area contributed by atoms with E-state index in [1.54, 1.807) is 24.3 Å². The van der Waals surface area contributed by atoms with Crippen LogP contribution in [0.5, 0.6) is 11.5 Å². The van der Waals surface area contributed by atoms with Gasteiger partial charge in [0.2, 0.25) is 6.79 Å². The first kappa shape index (κ1) is 29.9. The lowest BCUT2D eigenvalue weighted by atomic mass is 10.1. The van der Waals surface area contributed by atoms with Gasteiger partial charge in [-0.05, 0) is 53.6 Å². The van der Waals surface area contributed by atoms with Crippen LogP contribution in [0.25, 0.3) is 0 Å². The lowest BCUT2D eigenvalue weighted by Gasteiger charge is -2.37. The number of thioether (sulfide) groups is 1. The minimum absolute atomic E-state index is 0.183. The molecule has 3 aromatic carbocycles. The molecule has 1 aromatic heterocycles. The maximum absolute atomic E-state index is 13.2. The van der Waals surface area contributed by atoms with Crippen molar-refractivity contribution in [2.24, 2.45) is 0 Å². The van der Waals surface area contributed by atoms with Gasteiger partial charge in [0.1, 0.15) is 11.0 Å². The van der Waals surface area contributed by atoms with Crippen LogP contribution >= 0.6 is 23.4 Å². The van der Waals surface area contributed by atoms with E-state index >= 15 is 0 Å². The summed E-state index contributed by atoms with van der Waals surface area (Å²) >= 11 is 7.75. The standard InChI is InChI=1S/C31H27ClF3N5O3S/c32-27-16-28(40-12-10-39(11-13-40)24-3-1-2-23(15-24)31(33,34)35)38-30(37-27)44-18-20-4-7-22(8-5-20)29(41)36-17-21-6-9-25-26(14-21)43-19-42-25/h1-9,14-16H,10-13,17-19H2,(H,36,41). The van der Waals surface area contributed by atoms with E-state index in [2.05, 4.69) is 20.2 Å². The normalized spacial score (nSPS) is 14.5. The quantitative estimate of drug-likeness (QED) is 0.134. The summed E-state index contributed by atoms with van der Waals surface area (Å²) in [4.78, 5) is 25.7. The van der Waals surface area contributed by atoms with E-state index in [9.17, 15) is 18.0 Å². The molecule has 0 radical (unpaired) electrons. The van der Waals surface area contributed by atoms with Crippen molar-refractivity contribution in [2.75, 3.05) is 42.8 Å². The first-order chi connectivity index (χ1) is 21.2. The monoisotopic (exact) mass is 641 g/mol.